The molecule has 3 amide bonds. The predicted octanol–water partition coefficient (Wildman–Crippen LogP) is 4.93. The quantitative estimate of drug-likeness (QED) is 0.655. The van der Waals surface area contributed by atoms with Crippen molar-refractivity contribution in [3.63, 3.8) is 0 Å². The van der Waals surface area contributed by atoms with Crippen molar-refractivity contribution in [2.45, 2.75) is 6.04 Å². The van der Waals surface area contributed by atoms with Gasteiger partial charge in [0.05, 0.1) is 5.69 Å². The minimum absolute atomic E-state index is 0.308. The summed E-state index contributed by atoms with van der Waals surface area (Å²) >= 11 is 5.86. The van der Waals surface area contributed by atoms with E-state index >= 15 is 0 Å². The van der Waals surface area contributed by atoms with Crippen LogP contribution < -0.4 is 15.0 Å². The smallest absolute Gasteiger partial charge is 0.329 e. The normalized spacial score (nSPS) is 16.3. The fourth-order valence-corrected chi connectivity index (χ4v) is 3.02. The van der Waals surface area contributed by atoms with Crippen molar-refractivity contribution in [2.24, 2.45) is 0 Å². The number of halogens is 1. The number of urea groups is 1. The topological polar surface area (TPSA) is 58.6 Å². The van der Waals surface area contributed by atoms with Gasteiger partial charge in [-0.15, -0.1) is 0 Å². The molecule has 1 N–H and O–H groups in total. The van der Waals surface area contributed by atoms with Gasteiger partial charge in [0.25, 0.3) is 5.91 Å². The Hall–Kier alpha value is -3.31. The van der Waals surface area contributed by atoms with Crippen LogP contribution in [0.25, 0.3) is 0 Å². The number of carbonyl (C=O) groups is 2. The summed E-state index contributed by atoms with van der Waals surface area (Å²) in [6.07, 6.45) is 0. The first-order chi connectivity index (χ1) is 13.1. The molecular formula is C21H15ClN2O3. The van der Waals surface area contributed by atoms with Gasteiger partial charge in [-0.1, -0.05) is 41.9 Å². The maximum Gasteiger partial charge on any atom is 0.329 e. The average molecular weight is 379 g/mol. The number of rotatable bonds is 4. The molecule has 1 saturated heterocycles. The van der Waals surface area contributed by atoms with Crippen LogP contribution >= 0.6 is 11.6 Å². The van der Waals surface area contributed by atoms with E-state index in [0.29, 0.717) is 22.2 Å². The van der Waals surface area contributed by atoms with Crippen molar-refractivity contribution in [3.05, 3.63) is 89.4 Å². The van der Waals surface area contributed by atoms with E-state index < -0.39 is 12.1 Å². The standard InChI is InChI=1S/C21H15ClN2O3/c22-15-6-10-17(11-7-15)27-18-12-8-16(9-13-18)24-20(25)19(23-21(24)26)14-4-2-1-3-5-14/h1-13,19H,(H,23,26)/t19-/m0/s1. The van der Waals surface area contributed by atoms with Crippen LogP contribution in [0.2, 0.25) is 5.02 Å². The summed E-state index contributed by atoms with van der Waals surface area (Å²) in [5.41, 5.74) is 1.24. The molecule has 134 valence electrons. The molecule has 0 radical (unpaired) electrons. The summed E-state index contributed by atoms with van der Waals surface area (Å²) < 4.78 is 5.73. The van der Waals surface area contributed by atoms with Crippen LogP contribution in [0.4, 0.5) is 10.5 Å². The van der Waals surface area contributed by atoms with Gasteiger partial charge in [0.1, 0.15) is 17.5 Å². The third-order valence-electron chi connectivity index (χ3n) is 4.22. The molecule has 0 unspecified atom stereocenters. The van der Waals surface area contributed by atoms with Crippen molar-refractivity contribution in [2.75, 3.05) is 4.90 Å². The monoisotopic (exact) mass is 378 g/mol. The fourth-order valence-electron chi connectivity index (χ4n) is 2.90. The molecule has 4 rings (SSSR count). The maximum atomic E-state index is 12.7. The number of carbonyl (C=O) groups excluding carboxylic acids is 2. The average Bonchev–Trinajstić information content (AvgIpc) is 2.99. The molecule has 6 heteroatoms. The molecule has 1 aliphatic rings. The molecule has 0 spiro atoms. The van der Waals surface area contributed by atoms with Crippen LogP contribution in [0.1, 0.15) is 11.6 Å². The highest BCUT2D eigenvalue weighted by Gasteiger charge is 2.39. The SMILES string of the molecule is O=C1N[C@@H](c2ccccc2)C(=O)N1c1ccc(Oc2ccc(Cl)cc2)cc1. The van der Waals surface area contributed by atoms with Crippen molar-refractivity contribution in [1.82, 2.24) is 5.32 Å². The van der Waals surface area contributed by atoms with Gasteiger partial charge in [0.15, 0.2) is 0 Å². The number of benzene rings is 3. The van der Waals surface area contributed by atoms with Gasteiger partial charge >= 0.3 is 6.03 Å². The molecule has 3 aromatic carbocycles. The third-order valence-corrected chi connectivity index (χ3v) is 4.47. The summed E-state index contributed by atoms with van der Waals surface area (Å²) in [6, 6.07) is 21.8. The van der Waals surface area contributed by atoms with E-state index in [4.69, 9.17) is 16.3 Å². The van der Waals surface area contributed by atoms with Crippen molar-refractivity contribution in [1.29, 1.82) is 0 Å². The Bertz CT molecular complexity index is 973. The van der Waals surface area contributed by atoms with Crippen LogP contribution in [0.15, 0.2) is 78.9 Å². The van der Waals surface area contributed by atoms with Gasteiger partial charge in [0.2, 0.25) is 0 Å². The highest BCUT2D eigenvalue weighted by Crippen LogP contribution is 2.30. The van der Waals surface area contributed by atoms with Gasteiger partial charge in [-0.2, -0.15) is 0 Å². The van der Waals surface area contributed by atoms with Crippen LogP contribution in [0.5, 0.6) is 11.5 Å². The number of anilines is 1. The van der Waals surface area contributed by atoms with E-state index in [-0.39, 0.29) is 5.91 Å². The number of imide groups is 1. The second-order valence-corrected chi connectivity index (χ2v) is 6.45. The highest BCUT2D eigenvalue weighted by atomic mass is 35.5. The number of ether oxygens (including phenoxy) is 1. The van der Waals surface area contributed by atoms with E-state index in [1.165, 1.54) is 0 Å². The van der Waals surface area contributed by atoms with Gasteiger partial charge in [-0.3, -0.25) is 4.79 Å². The zero-order valence-electron chi connectivity index (χ0n) is 14.1. The molecule has 0 bridgehead atoms. The molecule has 3 aromatic rings. The van der Waals surface area contributed by atoms with E-state index in [2.05, 4.69) is 5.32 Å². The molecule has 0 aromatic heterocycles. The first kappa shape index (κ1) is 17.1. The summed E-state index contributed by atoms with van der Waals surface area (Å²) in [7, 11) is 0. The number of hydrogen-bond donors (Lipinski definition) is 1. The van der Waals surface area contributed by atoms with Crippen LogP contribution in [-0.4, -0.2) is 11.9 Å². The third kappa shape index (κ3) is 3.50. The van der Waals surface area contributed by atoms with E-state index in [9.17, 15) is 9.59 Å². The minimum Gasteiger partial charge on any atom is -0.457 e. The first-order valence-electron chi connectivity index (χ1n) is 8.35. The first-order valence-corrected chi connectivity index (χ1v) is 8.72. The Morgan fingerprint density at radius 3 is 2.04 bits per heavy atom. The van der Waals surface area contributed by atoms with Gasteiger partial charge < -0.3 is 10.1 Å². The lowest BCUT2D eigenvalue weighted by atomic mass is 10.1. The Labute approximate surface area is 161 Å². The Kier molecular flexibility index (Phi) is 4.52. The lowest BCUT2D eigenvalue weighted by Gasteiger charge is -2.14. The molecule has 1 heterocycles. The molecule has 1 fully saturated rings. The van der Waals surface area contributed by atoms with Crippen molar-refractivity contribution < 1.29 is 14.3 Å². The van der Waals surface area contributed by atoms with Crippen LogP contribution in [0.3, 0.4) is 0 Å². The highest BCUT2D eigenvalue weighted by molar-refractivity contribution is 6.30. The molecule has 0 saturated carbocycles. The molecule has 27 heavy (non-hydrogen) atoms. The lowest BCUT2D eigenvalue weighted by molar-refractivity contribution is -0.118. The fraction of sp³-hybridized carbons (Fsp3) is 0.0476. The molecule has 1 atom stereocenters. The lowest BCUT2D eigenvalue weighted by Crippen LogP contribution is -2.30. The second-order valence-electron chi connectivity index (χ2n) is 6.02. The van der Waals surface area contributed by atoms with E-state index in [1.54, 1.807) is 48.5 Å². The molecule has 1 aliphatic heterocycles. The second kappa shape index (κ2) is 7.13. The summed E-state index contributed by atoms with van der Waals surface area (Å²) in [4.78, 5) is 26.2. The number of amides is 3. The Morgan fingerprint density at radius 1 is 0.815 bits per heavy atom. The maximum absolute atomic E-state index is 12.7. The summed E-state index contributed by atoms with van der Waals surface area (Å²) in [5, 5.41) is 3.35. The Balaban J connectivity index is 1.52. The zero-order valence-corrected chi connectivity index (χ0v) is 14.9. The minimum atomic E-state index is -0.677. The molecule has 0 aliphatic carbocycles. The largest absolute Gasteiger partial charge is 0.457 e. The van der Waals surface area contributed by atoms with Crippen LogP contribution in [-0.2, 0) is 4.79 Å². The van der Waals surface area contributed by atoms with Crippen molar-refractivity contribution in [3.8, 4) is 11.5 Å². The number of nitrogens with zero attached hydrogens (tertiary/aromatic N) is 1. The van der Waals surface area contributed by atoms with Crippen molar-refractivity contribution >= 4 is 29.2 Å². The Morgan fingerprint density at radius 2 is 1.41 bits per heavy atom. The zero-order chi connectivity index (χ0) is 18.8. The van der Waals surface area contributed by atoms with Crippen LogP contribution in [0, 0.1) is 0 Å². The molecular weight excluding hydrogens is 364 g/mol. The summed E-state index contributed by atoms with van der Waals surface area (Å²) in [5.74, 6) is 0.927. The van der Waals surface area contributed by atoms with E-state index in [1.807, 2.05) is 30.3 Å². The van der Waals surface area contributed by atoms with Gasteiger partial charge in [-0.05, 0) is 54.1 Å². The van der Waals surface area contributed by atoms with E-state index in [0.717, 1.165) is 10.5 Å². The number of nitrogens with one attached hydrogen (secondary N) is 1. The number of hydrogen-bond acceptors (Lipinski definition) is 3. The van der Waals surface area contributed by atoms with Gasteiger partial charge in [0, 0.05) is 5.02 Å². The predicted molar refractivity (Wildman–Crippen MR) is 103 cm³/mol. The van der Waals surface area contributed by atoms with Gasteiger partial charge in [-0.25, -0.2) is 9.69 Å². The molecule has 5 nitrogen and oxygen atoms in total. The summed E-state index contributed by atoms with van der Waals surface area (Å²) in [6.45, 7) is 0.